The number of nitrogens with zero attached hydrogens (tertiary/aromatic N) is 1. The highest BCUT2D eigenvalue weighted by atomic mass is 79.9. The average molecular weight is 531 g/mol. The minimum absolute atomic E-state index is 0.0679. The zero-order chi connectivity index (χ0) is 21.7. The molecule has 0 amide bonds. The topological polar surface area (TPSA) is 70.3 Å². The summed E-state index contributed by atoms with van der Waals surface area (Å²) >= 11 is 6.91. The minimum atomic E-state index is -1.03. The van der Waals surface area contributed by atoms with Crippen LogP contribution in [0.25, 0.3) is 11.6 Å². The third-order valence-electron chi connectivity index (χ3n) is 4.22. The first-order valence-corrected chi connectivity index (χ1v) is 10.3. The fraction of sp³-hybridized carbons (Fsp3) is 0.0435. The molecule has 7 heteroatoms. The number of carbonyl (C=O) groups is 1. The lowest BCUT2D eigenvalue weighted by Crippen LogP contribution is -1.99. The molecule has 0 bridgehead atoms. The van der Waals surface area contributed by atoms with Crippen LogP contribution in [0.3, 0.4) is 0 Å². The van der Waals surface area contributed by atoms with Gasteiger partial charge in [-0.25, -0.2) is 9.18 Å². The van der Waals surface area contributed by atoms with Crippen molar-refractivity contribution in [1.82, 2.24) is 0 Å². The van der Waals surface area contributed by atoms with Crippen LogP contribution < -0.4 is 4.74 Å². The van der Waals surface area contributed by atoms with Gasteiger partial charge < -0.3 is 9.84 Å². The summed E-state index contributed by atoms with van der Waals surface area (Å²) in [5.41, 5.74) is 2.31. The molecule has 0 aliphatic heterocycles. The van der Waals surface area contributed by atoms with Gasteiger partial charge in [-0.15, -0.1) is 0 Å². The van der Waals surface area contributed by atoms with E-state index in [1.807, 2.05) is 0 Å². The largest absolute Gasteiger partial charge is 0.486 e. The molecule has 0 fully saturated rings. The summed E-state index contributed by atoms with van der Waals surface area (Å²) in [4.78, 5) is 11.0. The minimum Gasteiger partial charge on any atom is -0.486 e. The zero-order valence-electron chi connectivity index (χ0n) is 15.4. The Hall–Kier alpha value is -2.95. The second kappa shape index (κ2) is 9.70. The van der Waals surface area contributed by atoms with Gasteiger partial charge in [0.15, 0.2) is 0 Å². The lowest BCUT2D eigenvalue weighted by molar-refractivity contribution is 0.0697. The quantitative estimate of drug-likeness (QED) is 0.284. The predicted molar refractivity (Wildman–Crippen MR) is 119 cm³/mol. The van der Waals surface area contributed by atoms with E-state index >= 15 is 0 Å². The van der Waals surface area contributed by atoms with Crippen molar-refractivity contribution in [2.75, 3.05) is 0 Å². The summed E-state index contributed by atoms with van der Waals surface area (Å²) in [5.74, 6) is -0.848. The van der Waals surface area contributed by atoms with Gasteiger partial charge in [0.2, 0.25) is 0 Å². The number of hydrogen-bond acceptors (Lipinski definition) is 3. The van der Waals surface area contributed by atoms with Gasteiger partial charge >= 0.3 is 5.97 Å². The molecule has 0 heterocycles. The number of benzene rings is 3. The van der Waals surface area contributed by atoms with Crippen LogP contribution in [0.5, 0.6) is 5.75 Å². The molecule has 0 saturated carbocycles. The molecule has 0 unspecified atom stereocenters. The van der Waals surface area contributed by atoms with Crippen LogP contribution in [-0.4, -0.2) is 11.1 Å². The van der Waals surface area contributed by atoms with Crippen LogP contribution in [0.15, 0.2) is 69.6 Å². The van der Waals surface area contributed by atoms with Crippen LogP contribution in [0, 0.1) is 17.1 Å². The van der Waals surface area contributed by atoms with Crippen LogP contribution >= 0.6 is 31.9 Å². The highest BCUT2D eigenvalue weighted by molar-refractivity contribution is 9.11. The van der Waals surface area contributed by atoms with Gasteiger partial charge in [-0.3, -0.25) is 0 Å². The lowest BCUT2D eigenvalue weighted by atomic mass is 10.0. The highest BCUT2D eigenvalue weighted by Crippen LogP contribution is 2.36. The molecule has 4 nitrogen and oxygen atoms in total. The Morgan fingerprint density at radius 2 is 1.67 bits per heavy atom. The summed E-state index contributed by atoms with van der Waals surface area (Å²) in [6.07, 6.45) is 1.69. The Bertz CT molecular complexity index is 1140. The molecule has 0 saturated heterocycles. The van der Waals surface area contributed by atoms with Crippen LogP contribution in [0.1, 0.15) is 27.0 Å². The number of aromatic carboxylic acids is 1. The standard InChI is InChI=1S/C23H14Br2FNO3/c24-19-10-14(9-18(12-27)15-5-7-16(8-6-15)23(28)29)11-20(25)22(19)30-13-17-3-1-2-4-21(17)26/h1-11H,13H2,(H,28,29)/b18-9-. The fourth-order valence-corrected chi connectivity index (χ4v) is 4.16. The molecule has 30 heavy (non-hydrogen) atoms. The highest BCUT2D eigenvalue weighted by Gasteiger charge is 2.11. The van der Waals surface area contributed by atoms with Gasteiger partial charge in [0, 0.05) is 5.56 Å². The fourth-order valence-electron chi connectivity index (χ4n) is 2.71. The van der Waals surface area contributed by atoms with Crippen molar-refractivity contribution in [1.29, 1.82) is 5.26 Å². The van der Waals surface area contributed by atoms with Crippen molar-refractivity contribution in [3.63, 3.8) is 0 Å². The molecule has 3 rings (SSSR count). The van der Waals surface area contributed by atoms with Crippen LogP contribution in [0.2, 0.25) is 0 Å². The van der Waals surface area contributed by atoms with Gasteiger partial charge in [-0.2, -0.15) is 5.26 Å². The van der Waals surface area contributed by atoms with Gasteiger partial charge in [-0.05, 0) is 79.4 Å². The number of hydrogen-bond donors (Lipinski definition) is 1. The molecular formula is C23H14Br2FNO3. The number of ether oxygens (including phenoxy) is 1. The van der Waals surface area contributed by atoms with Crippen molar-refractivity contribution in [2.45, 2.75) is 6.61 Å². The second-order valence-electron chi connectivity index (χ2n) is 6.25. The lowest BCUT2D eigenvalue weighted by Gasteiger charge is -2.12. The van der Waals surface area contributed by atoms with Gasteiger partial charge in [0.05, 0.1) is 26.2 Å². The van der Waals surface area contributed by atoms with E-state index in [4.69, 9.17) is 9.84 Å². The van der Waals surface area contributed by atoms with E-state index in [0.29, 0.717) is 31.4 Å². The molecule has 0 aliphatic rings. The summed E-state index contributed by atoms with van der Waals surface area (Å²) in [6.45, 7) is 0.0679. The summed E-state index contributed by atoms with van der Waals surface area (Å²) in [7, 11) is 0. The summed E-state index contributed by atoms with van der Waals surface area (Å²) in [5, 5.41) is 18.5. The summed E-state index contributed by atoms with van der Waals surface area (Å²) < 4.78 is 20.8. The Labute approximate surface area is 189 Å². The van der Waals surface area contributed by atoms with E-state index in [9.17, 15) is 14.4 Å². The van der Waals surface area contributed by atoms with Crippen molar-refractivity contribution < 1.29 is 19.0 Å². The molecule has 150 valence electrons. The van der Waals surface area contributed by atoms with Gasteiger partial charge in [-0.1, -0.05) is 30.3 Å². The summed E-state index contributed by atoms with van der Waals surface area (Å²) in [6, 6.07) is 18.2. The molecule has 0 atom stereocenters. The van der Waals surface area contributed by atoms with Crippen molar-refractivity contribution in [3.05, 3.63) is 97.7 Å². The molecule has 1 N–H and O–H groups in total. The zero-order valence-corrected chi connectivity index (χ0v) is 18.6. The number of allylic oxidation sites excluding steroid dienone is 1. The van der Waals surface area contributed by atoms with Crippen LogP contribution in [0.4, 0.5) is 4.39 Å². The number of rotatable bonds is 6. The second-order valence-corrected chi connectivity index (χ2v) is 7.95. The third kappa shape index (κ3) is 5.15. The maximum atomic E-state index is 13.8. The van der Waals surface area contributed by atoms with E-state index in [1.165, 1.54) is 18.2 Å². The van der Waals surface area contributed by atoms with Gasteiger partial charge in [0.25, 0.3) is 0 Å². The van der Waals surface area contributed by atoms with Crippen molar-refractivity contribution in [3.8, 4) is 11.8 Å². The molecule has 0 radical (unpaired) electrons. The van der Waals surface area contributed by atoms with Gasteiger partial charge in [0.1, 0.15) is 18.2 Å². The molecular weight excluding hydrogens is 517 g/mol. The SMILES string of the molecule is N#C/C(=C/c1cc(Br)c(OCc2ccccc2F)c(Br)c1)c1ccc(C(=O)O)cc1. The Morgan fingerprint density at radius 1 is 1.07 bits per heavy atom. The first kappa shape index (κ1) is 21.8. The molecule has 0 aliphatic carbocycles. The third-order valence-corrected chi connectivity index (χ3v) is 5.40. The van der Waals surface area contributed by atoms with E-state index in [2.05, 4.69) is 37.9 Å². The maximum absolute atomic E-state index is 13.8. The Kier molecular flexibility index (Phi) is 7.03. The predicted octanol–water partition coefficient (Wildman–Crippen LogP) is 6.69. The Balaban J connectivity index is 1.85. The number of carboxylic acids is 1. The number of halogens is 3. The first-order valence-electron chi connectivity index (χ1n) is 8.70. The van der Waals surface area contributed by atoms with Crippen molar-refractivity contribution in [2.24, 2.45) is 0 Å². The monoisotopic (exact) mass is 529 g/mol. The van der Waals surface area contributed by atoms with E-state index in [0.717, 1.165) is 5.56 Å². The van der Waals surface area contributed by atoms with E-state index in [1.54, 1.807) is 48.5 Å². The smallest absolute Gasteiger partial charge is 0.335 e. The van der Waals surface area contributed by atoms with Crippen molar-refractivity contribution >= 4 is 49.5 Å². The average Bonchev–Trinajstić information content (AvgIpc) is 2.72. The maximum Gasteiger partial charge on any atom is 0.335 e. The molecule has 3 aromatic carbocycles. The molecule has 0 aromatic heterocycles. The van der Waals surface area contributed by atoms with Crippen LogP contribution in [-0.2, 0) is 6.61 Å². The van der Waals surface area contributed by atoms with E-state index in [-0.39, 0.29) is 18.0 Å². The Morgan fingerprint density at radius 3 is 2.23 bits per heavy atom. The molecule has 0 spiro atoms. The molecule has 3 aromatic rings. The number of nitriles is 1. The first-order chi connectivity index (χ1) is 14.4. The van der Waals surface area contributed by atoms with E-state index < -0.39 is 5.97 Å². The number of carboxylic acid groups (broad SMARTS) is 1. The normalized spacial score (nSPS) is 11.1.